The summed E-state index contributed by atoms with van der Waals surface area (Å²) in [7, 11) is 0. The van der Waals surface area contributed by atoms with Crippen LogP contribution < -0.4 is 0 Å². The molecule has 0 saturated heterocycles. The van der Waals surface area contributed by atoms with Gasteiger partial charge in [0, 0.05) is 0 Å². The van der Waals surface area contributed by atoms with Gasteiger partial charge in [-0.1, -0.05) is 24.3 Å². The van der Waals surface area contributed by atoms with Gasteiger partial charge in [0.05, 0.1) is 0 Å². The standard InChI is InChI=1S/C10H10F2/c11-9-6-5-7-3-1-2-4-8(7)10(9)12/h1-4,9-10H,5-6H2/t9-,10-/m1/s1. The molecule has 2 heteroatoms. The number of hydrogen-bond donors (Lipinski definition) is 0. The summed E-state index contributed by atoms with van der Waals surface area (Å²) in [5.74, 6) is 0. The van der Waals surface area contributed by atoms with E-state index in [-0.39, 0.29) is 0 Å². The highest BCUT2D eigenvalue weighted by Gasteiger charge is 2.28. The fourth-order valence-corrected chi connectivity index (χ4v) is 1.67. The van der Waals surface area contributed by atoms with Crippen molar-refractivity contribution in [1.29, 1.82) is 0 Å². The molecule has 0 N–H and O–H groups in total. The van der Waals surface area contributed by atoms with Crippen molar-refractivity contribution in [3.05, 3.63) is 35.4 Å². The van der Waals surface area contributed by atoms with E-state index in [0.29, 0.717) is 18.4 Å². The summed E-state index contributed by atoms with van der Waals surface area (Å²) < 4.78 is 26.1. The first kappa shape index (κ1) is 7.71. The maximum Gasteiger partial charge on any atom is 0.156 e. The normalized spacial score (nSPS) is 28.2. The van der Waals surface area contributed by atoms with Gasteiger partial charge in [-0.2, -0.15) is 0 Å². The Morgan fingerprint density at radius 3 is 2.75 bits per heavy atom. The second-order valence-corrected chi connectivity index (χ2v) is 3.16. The number of rotatable bonds is 0. The number of aryl methyl sites for hydroxylation is 1. The minimum Gasteiger partial charge on any atom is -0.244 e. The molecule has 0 unspecified atom stereocenters. The number of halogens is 2. The van der Waals surface area contributed by atoms with Gasteiger partial charge in [0.25, 0.3) is 0 Å². The van der Waals surface area contributed by atoms with Crippen LogP contribution in [0.3, 0.4) is 0 Å². The van der Waals surface area contributed by atoms with E-state index in [9.17, 15) is 8.78 Å². The first-order chi connectivity index (χ1) is 5.79. The van der Waals surface area contributed by atoms with Gasteiger partial charge in [-0.25, -0.2) is 8.78 Å². The van der Waals surface area contributed by atoms with Crippen molar-refractivity contribution < 1.29 is 8.78 Å². The summed E-state index contributed by atoms with van der Waals surface area (Å²) in [4.78, 5) is 0. The molecule has 0 nitrogen and oxygen atoms in total. The number of alkyl halides is 2. The summed E-state index contributed by atoms with van der Waals surface area (Å²) >= 11 is 0. The lowest BCUT2D eigenvalue weighted by Crippen LogP contribution is -2.18. The van der Waals surface area contributed by atoms with Gasteiger partial charge in [0.2, 0.25) is 0 Å². The Bertz CT molecular complexity index is 283. The predicted octanol–water partition coefficient (Wildman–Crippen LogP) is 2.98. The first-order valence-electron chi connectivity index (χ1n) is 4.15. The van der Waals surface area contributed by atoms with Gasteiger partial charge < -0.3 is 0 Å². The lowest BCUT2D eigenvalue weighted by Gasteiger charge is -2.22. The van der Waals surface area contributed by atoms with E-state index in [4.69, 9.17) is 0 Å². The van der Waals surface area contributed by atoms with Crippen LogP contribution in [0.15, 0.2) is 24.3 Å². The molecule has 1 aromatic carbocycles. The van der Waals surface area contributed by atoms with Gasteiger partial charge in [0.1, 0.15) is 6.17 Å². The van der Waals surface area contributed by atoms with E-state index in [1.807, 2.05) is 12.1 Å². The number of hydrogen-bond acceptors (Lipinski definition) is 0. The number of benzene rings is 1. The lowest BCUT2D eigenvalue weighted by atomic mass is 9.89. The van der Waals surface area contributed by atoms with Crippen LogP contribution in [0.2, 0.25) is 0 Å². The molecule has 0 radical (unpaired) electrons. The molecule has 1 aliphatic carbocycles. The third-order valence-corrected chi connectivity index (χ3v) is 2.36. The van der Waals surface area contributed by atoms with Crippen molar-refractivity contribution in [1.82, 2.24) is 0 Å². The van der Waals surface area contributed by atoms with Crippen LogP contribution in [0.1, 0.15) is 23.7 Å². The van der Waals surface area contributed by atoms with Crippen molar-refractivity contribution in [3.63, 3.8) is 0 Å². The fourth-order valence-electron chi connectivity index (χ4n) is 1.67. The van der Waals surface area contributed by atoms with Crippen molar-refractivity contribution in [3.8, 4) is 0 Å². The van der Waals surface area contributed by atoms with Gasteiger partial charge in [-0.3, -0.25) is 0 Å². The minimum absolute atomic E-state index is 0.318. The molecule has 0 aliphatic heterocycles. The minimum atomic E-state index is -1.41. The molecular weight excluding hydrogens is 158 g/mol. The maximum absolute atomic E-state index is 13.2. The molecule has 64 valence electrons. The second kappa shape index (κ2) is 2.85. The summed E-state index contributed by atoms with van der Waals surface area (Å²) in [5, 5.41) is 0. The van der Waals surface area contributed by atoms with Gasteiger partial charge >= 0.3 is 0 Å². The second-order valence-electron chi connectivity index (χ2n) is 3.16. The molecular formula is C10H10F2. The maximum atomic E-state index is 13.2. The quantitative estimate of drug-likeness (QED) is 0.558. The van der Waals surface area contributed by atoms with E-state index < -0.39 is 12.3 Å². The highest BCUT2D eigenvalue weighted by atomic mass is 19.2. The van der Waals surface area contributed by atoms with Gasteiger partial charge in [-0.05, 0) is 24.0 Å². The summed E-state index contributed by atoms with van der Waals surface area (Å²) in [6.45, 7) is 0. The summed E-state index contributed by atoms with van der Waals surface area (Å²) in [6, 6.07) is 7.16. The van der Waals surface area contributed by atoms with Crippen molar-refractivity contribution in [2.24, 2.45) is 0 Å². The summed E-state index contributed by atoms with van der Waals surface area (Å²) in [5.41, 5.74) is 1.50. The lowest BCUT2D eigenvalue weighted by molar-refractivity contribution is 0.148. The average molecular weight is 168 g/mol. The molecule has 2 atom stereocenters. The van der Waals surface area contributed by atoms with E-state index in [2.05, 4.69) is 0 Å². The Kier molecular flexibility index (Phi) is 1.83. The SMILES string of the molecule is F[C@@H]1CCc2ccccc2[C@H]1F. The molecule has 0 aromatic heterocycles. The van der Waals surface area contributed by atoms with Crippen LogP contribution in [0, 0.1) is 0 Å². The fraction of sp³-hybridized carbons (Fsp3) is 0.400. The Hall–Kier alpha value is -0.920. The van der Waals surface area contributed by atoms with Crippen LogP contribution in [-0.4, -0.2) is 6.17 Å². The van der Waals surface area contributed by atoms with Crippen molar-refractivity contribution in [2.45, 2.75) is 25.2 Å². The molecule has 1 aromatic rings. The molecule has 0 bridgehead atoms. The number of fused-ring (bicyclic) bond motifs is 1. The molecule has 1 aliphatic rings. The Morgan fingerprint density at radius 1 is 1.17 bits per heavy atom. The van der Waals surface area contributed by atoms with Crippen LogP contribution in [-0.2, 0) is 6.42 Å². The van der Waals surface area contributed by atoms with E-state index >= 15 is 0 Å². The molecule has 0 amide bonds. The van der Waals surface area contributed by atoms with Crippen molar-refractivity contribution in [2.75, 3.05) is 0 Å². The zero-order valence-corrected chi connectivity index (χ0v) is 6.63. The largest absolute Gasteiger partial charge is 0.244 e. The highest BCUT2D eigenvalue weighted by Crippen LogP contribution is 2.34. The van der Waals surface area contributed by atoms with Crippen LogP contribution >= 0.6 is 0 Å². The third kappa shape index (κ3) is 1.11. The van der Waals surface area contributed by atoms with Gasteiger partial charge in [-0.15, -0.1) is 0 Å². The monoisotopic (exact) mass is 168 g/mol. The predicted molar refractivity (Wildman–Crippen MR) is 43.5 cm³/mol. The van der Waals surface area contributed by atoms with Gasteiger partial charge in [0.15, 0.2) is 6.17 Å². The molecule has 12 heavy (non-hydrogen) atoms. The Labute approximate surface area is 70.2 Å². The smallest absolute Gasteiger partial charge is 0.156 e. The zero-order chi connectivity index (χ0) is 8.55. The summed E-state index contributed by atoms with van der Waals surface area (Å²) in [6.07, 6.45) is -1.73. The van der Waals surface area contributed by atoms with E-state index in [1.54, 1.807) is 12.1 Å². The average Bonchev–Trinajstić information content (AvgIpc) is 2.12. The molecule has 0 spiro atoms. The third-order valence-electron chi connectivity index (χ3n) is 2.36. The topological polar surface area (TPSA) is 0 Å². The molecule has 0 heterocycles. The molecule has 0 saturated carbocycles. The Morgan fingerprint density at radius 2 is 1.92 bits per heavy atom. The zero-order valence-electron chi connectivity index (χ0n) is 6.63. The van der Waals surface area contributed by atoms with Crippen LogP contribution in [0.5, 0.6) is 0 Å². The molecule has 2 rings (SSSR count). The first-order valence-corrected chi connectivity index (χ1v) is 4.15. The van der Waals surface area contributed by atoms with Crippen LogP contribution in [0.25, 0.3) is 0 Å². The van der Waals surface area contributed by atoms with E-state index in [1.165, 1.54) is 0 Å². The van der Waals surface area contributed by atoms with Crippen LogP contribution in [0.4, 0.5) is 8.78 Å². The highest BCUT2D eigenvalue weighted by molar-refractivity contribution is 5.32. The van der Waals surface area contributed by atoms with E-state index in [0.717, 1.165) is 5.56 Å². The van der Waals surface area contributed by atoms with Crippen molar-refractivity contribution >= 4 is 0 Å². The Balaban J connectivity index is 2.42. The molecule has 0 fully saturated rings.